The van der Waals surface area contributed by atoms with E-state index in [1.165, 1.54) is 0 Å². The van der Waals surface area contributed by atoms with Crippen molar-refractivity contribution in [3.63, 3.8) is 0 Å². The van der Waals surface area contributed by atoms with E-state index < -0.39 is 6.10 Å². The van der Waals surface area contributed by atoms with Gasteiger partial charge in [-0.1, -0.05) is 23.7 Å². The normalized spacial score (nSPS) is 12.1. The third-order valence-corrected chi connectivity index (χ3v) is 3.33. The number of nitrogens with zero attached hydrogens (tertiary/aromatic N) is 2. The second-order valence-corrected chi connectivity index (χ2v) is 5.18. The fourth-order valence-electron chi connectivity index (χ4n) is 1.95. The summed E-state index contributed by atoms with van der Waals surface area (Å²) in [5.41, 5.74) is 0.686. The van der Waals surface area contributed by atoms with E-state index in [0.717, 1.165) is 13.0 Å². The maximum atomic E-state index is 11.7. The summed E-state index contributed by atoms with van der Waals surface area (Å²) in [5.74, 6) is -0.169. The minimum Gasteiger partial charge on any atom is -0.388 e. The van der Waals surface area contributed by atoms with Crippen molar-refractivity contribution in [3.05, 3.63) is 53.3 Å². The highest BCUT2D eigenvalue weighted by molar-refractivity contribution is 6.30. The monoisotopic (exact) mass is 307 g/mol. The fourth-order valence-corrected chi connectivity index (χ4v) is 2.08. The highest BCUT2D eigenvalue weighted by Crippen LogP contribution is 2.18. The number of rotatable bonds is 7. The van der Waals surface area contributed by atoms with Gasteiger partial charge in [0.1, 0.15) is 0 Å². The van der Waals surface area contributed by atoms with Crippen LogP contribution in [0.4, 0.5) is 0 Å². The van der Waals surface area contributed by atoms with Gasteiger partial charge in [0.15, 0.2) is 0 Å². The number of aryl methyl sites for hydroxylation is 1. The number of hydrogen-bond donors (Lipinski definition) is 2. The highest BCUT2D eigenvalue weighted by atomic mass is 35.5. The van der Waals surface area contributed by atoms with Crippen molar-refractivity contribution in [2.45, 2.75) is 25.5 Å². The summed E-state index contributed by atoms with van der Waals surface area (Å²) in [5, 5.41) is 17.4. The molecule has 21 heavy (non-hydrogen) atoms. The molecule has 0 radical (unpaired) electrons. The van der Waals surface area contributed by atoms with Crippen LogP contribution in [0.2, 0.25) is 5.02 Å². The molecule has 2 aromatic rings. The van der Waals surface area contributed by atoms with E-state index in [-0.39, 0.29) is 12.3 Å². The lowest BCUT2D eigenvalue weighted by Crippen LogP contribution is -2.26. The molecule has 0 aliphatic carbocycles. The Hall–Kier alpha value is -1.85. The molecular weight excluding hydrogens is 290 g/mol. The topological polar surface area (TPSA) is 67.2 Å². The minimum atomic E-state index is -0.812. The first-order valence-electron chi connectivity index (χ1n) is 6.83. The molecule has 0 saturated heterocycles. The summed E-state index contributed by atoms with van der Waals surface area (Å²) in [6.45, 7) is 1.32. The van der Waals surface area contributed by atoms with Crippen LogP contribution in [0.5, 0.6) is 0 Å². The Labute approximate surface area is 128 Å². The summed E-state index contributed by atoms with van der Waals surface area (Å²) >= 11 is 5.78. The Balaban J connectivity index is 1.67. The number of carbonyl (C=O) groups excluding carboxylic acids is 1. The molecule has 0 aliphatic heterocycles. The quantitative estimate of drug-likeness (QED) is 0.770. The van der Waals surface area contributed by atoms with Gasteiger partial charge < -0.3 is 10.4 Å². The molecule has 1 amide bonds. The first kappa shape index (κ1) is 15.5. The van der Waals surface area contributed by atoms with Gasteiger partial charge in [-0.05, 0) is 30.2 Å². The van der Waals surface area contributed by atoms with Crippen LogP contribution in [0.25, 0.3) is 0 Å². The van der Waals surface area contributed by atoms with Gasteiger partial charge in [-0.3, -0.25) is 9.48 Å². The number of carbonyl (C=O) groups is 1. The van der Waals surface area contributed by atoms with Crippen molar-refractivity contribution >= 4 is 17.5 Å². The molecule has 112 valence electrons. The summed E-state index contributed by atoms with van der Waals surface area (Å²) in [6.07, 6.45) is 3.63. The van der Waals surface area contributed by atoms with Gasteiger partial charge in [-0.2, -0.15) is 5.10 Å². The van der Waals surface area contributed by atoms with Crippen LogP contribution < -0.4 is 5.32 Å². The van der Waals surface area contributed by atoms with Gasteiger partial charge in [0.2, 0.25) is 5.91 Å². The van der Waals surface area contributed by atoms with Crippen LogP contribution in [0, 0.1) is 0 Å². The summed E-state index contributed by atoms with van der Waals surface area (Å²) < 4.78 is 1.81. The van der Waals surface area contributed by atoms with Gasteiger partial charge in [0.25, 0.3) is 0 Å². The van der Waals surface area contributed by atoms with E-state index in [0.29, 0.717) is 17.1 Å². The first-order valence-corrected chi connectivity index (χ1v) is 7.20. The van der Waals surface area contributed by atoms with Gasteiger partial charge in [0.05, 0.1) is 12.5 Å². The number of halogens is 1. The second kappa shape index (κ2) is 7.81. The Kier molecular flexibility index (Phi) is 5.78. The first-order chi connectivity index (χ1) is 10.1. The number of amides is 1. The third-order valence-electron chi connectivity index (χ3n) is 3.08. The van der Waals surface area contributed by atoms with Crippen molar-refractivity contribution in [1.29, 1.82) is 0 Å². The van der Waals surface area contributed by atoms with Crippen molar-refractivity contribution in [3.8, 4) is 0 Å². The zero-order valence-corrected chi connectivity index (χ0v) is 12.3. The summed E-state index contributed by atoms with van der Waals surface area (Å²) in [6, 6.07) is 8.70. The number of hydrogen-bond acceptors (Lipinski definition) is 3. The molecule has 0 spiro atoms. The molecule has 5 nitrogen and oxygen atoms in total. The second-order valence-electron chi connectivity index (χ2n) is 4.74. The standard InChI is InChI=1S/C15H18ClN3O2/c16-13-5-3-12(4-6-13)14(20)11-15(21)17-7-1-9-19-10-2-8-18-19/h2-6,8,10,14,20H,1,7,9,11H2,(H,17,21). The van der Waals surface area contributed by atoms with Crippen molar-refractivity contribution in [2.24, 2.45) is 0 Å². The average Bonchev–Trinajstić information content (AvgIpc) is 2.97. The molecular formula is C15H18ClN3O2. The summed E-state index contributed by atoms with van der Waals surface area (Å²) in [7, 11) is 0. The van der Waals surface area contributed by atoms with Crippen molar-refractivity contribution < 1.29 is 9.90 Å². The van der Waals surface area contributed by atoms with E-state index in [1.807, 2.05) is 16.9 Å². The Morgan fingerprint density at radius 1 is 1.38 bits per heavy atom. The third kappa shape index (κ3) is 5.21. The Bertz CT molecular complexity index is 555. The largest absolute Gasteiger partial charge is 0.388 e. The minimum absolute atomic E-state index is 0.0450. The smallest absolute Gasteiger partial charge is 0.222 e. The highest BCUT2D eigenvalue weighted by Gasteiger charge is 2.12. The van der Waals surface area contributed by atoms with Crippen LogP contribution in [0.1, 0.15) is 24.5 Å². The molecule has 1 unspecified atom stereocenters. The van der Waals surface area contributed by atoms with Crippen LogP contribution in [-0.2, 0) is 11.3 Å². The lowest BCUT2D eigenvalue weighted by molar-refractivity contribution is -0.123. The van der Waals surface area contributed by atoms with Crippen LogP contribution in [0.3, 0.4) is 0 Å². The van der Waals surface area contributed by atoms with Gasteiger partial charge >= 0.3 is 0 Å². The molecule has 0 fully saturated rings. The number of aliphatic hydroxyl groups is 1. The van der Waals surface area contributed by atoms with Crippen molar-refractivity contribution in [1.82, 2.24) is 15.1 Å². The molecule has 6 heteroatoms. The van der Waals surface area contributed by atoms with Crippen LogP contribution in [-0.4, -0.2) is 27.3 Å². The Morgan fingerprint density at radius 3 is 2.81 bits per heavy atom. The van der Waals surface area contributed by atoms with Gasteiger partial charge in [0, 0.05) is 30.5 Å². The molecule has 1 atom stereocenters. The van der Waals surface area contributed by atoms with E-state index in [9.17, 15) is 9.90 Å². The lowest BCUT2D eigenvalue weighted by Gasteiger charge is -2.11. The number of benzene rings is 1. The van der Waals surface area contributed by atoms with E-state index >= 15 is 0 Å². The molecule has 1 heterocycles. The molecule has 1 aromatic heterocycles. The van der Waals surface area contributed by atoms with Gasteiger partial charge in [-0.15, -0.1) is 0 Å². The van der Waals surface area contributed by atoms with Gasteiger partial charge in [-0.25, -0.2) is 0 Å². The fraction of sp³-hybridized carbons (Fsp3) is 0.333. The molecule has 1 aromatic carbocycles. The molecule has 0 bridgehead atoms. The van der Waals surface area contributed by atoms with Crippen LogP contribution in [0.15, 0.2) is 42.7 Å². The van der Waals surface area contributed by atoms with Crippen LogP contribution >= 0.6 is 11.6 Å². The maximum absolute atomic E-state index is 11.7. The van der Waals surface area contributed by atoms with E-state index in [2.05, 4.69) is 10.4 Å². The predicted molar refractivity (Wildman–Crippen MR) is 80.9 cm³/mol. The van der Waals surface area contributed by atoms with Crippen molar-refractivity contribution in [2.75, 3.05) is 6.54 Å². The zero-order chi connectivity index (χ0) is 15.1. The molecule has 2 N–H and O–H groups in total. The molecule has 0 saturated carbocycles. The molecule has 0 aliphatic rings. The number of aromatic nitrogens is 2. The van der Waals surface area contributed by atoms with E-state index in [1.54, 1.807) is 30.5 Å². The Morgan fingerprint density at radius 2 is 2.14 bits per heavy atom. The molecule has 2 rings (SSSR count). The number of aliphatic hydroxyl groups excluding tert-OH is 1. The zero-order valence-electron chi connectivity index (χ0n) is 11.6. The number of nitrogens with one attached hydrogen (secondary N) is 1. The predicted octanol–water partition coefficient (Wildman–Crippen LogP) is 2.17. The SMILES string of the molecule is O=C(CC(O)c1ccc(Cl)cc1)NCCCn1cccn1. The maximum Gasteiger partial charge on any atom is 0.222 e. The summed E-state index contributed by atoms with van der Waals surface area (Å²) in [4.78, 5) is 11.7. The average molecular weight is 308 g/mol. The lowest BCUT2D eigenvalue weighted by atomic mass is 10.1. The van der Waals surface area contributed by atoms with E-state index in [4.69, 9.17) is 11.6 Å².